The van der Waals surface area contributed by atoms with Crippen molar-refractivity contribution in [2.45, 2.75) is 13.0 Å². The standard InChI is InChI=1S/C11H11F2N3/c1-7(14)10-5-15-6-16(10)9-4-2-3-8(12)11(9)13/h2-7H,14H2,1H3. The van der Waals surface area contributed by atoms with Gasteiger partial charge in [-0.25, -0.2) is 13.8 Å². The number of imidazole rings is 1. The van der Waals surface area contributed by atoms with Crippen molar-refractivity contribution in [3.05, 3.63) is 48.1 Å². The minimum absolute atomic E-state index is 0.116. The molecule has 0 fully saturated rings. The van der Waals surface area contributed by atoms with Gasteiger partial charge in [-0.2, -0.15) is 0 Å². The molecule has 1 aromatic carbocycles. The van der Waals surface area contributed by atoms with Crippen LogP contribution >= 0.6 is 0 Å². The van der Waals surface area contributed by atoms with E-state index < -0.39 is 11.6 Å². The first-order valence-corrected chi connectivity index (χ1v) is 4.83. The van der Waals surface area contributed by atoms with Crippen molar-refractivity contribution in [1.29, 1.82) is 0 Å². The number of nitrogens with zero attached hydrogens (tertiary/aromatic N) is 2. The zero-order chi connectivity index (χ0) is 11.7. The molecule has 2 rings (SSSR count). The summed E-state index contributed by atoms with van der Waals surface area (Å²) in [5.41, 5.74) is 6.45. The molecule has 16 heavy (non-hydrogen) atoms. The molecule has 0 aliphatic carbocycles. The molecule has 5 heteroatoms. The van der Waals surface area contributed by atoms with Crippen molar-refractivity contribution >= 4 is 0 Å². The van der Waals surface area contributed by atoms with Crippen LogP contribution in [0.1, 0.15) is 18.7 Å². The molecule has 0 spiro atoms. The van der Waals surface area contributed by atoms with E-state index in [9.17, 15) is 8.78 Å². The van der Waals surface area contributed by atoms with Crippen molar-refractivity contribution in [3.63, 3.8) is 0 Å². The predicted octanol–water partition coefficient (Wildman–Crippen LogP) is 2.17. The molecule has 3 nitrogen and oxygen atoms in total. The smallest absolute Gasteiger partial charge is 0.182 e. The van der Waals surface area contributed by atoms with Crippen molar-refractivity contribution in [2.24, 2.45) is 5.73 Å². The molecule has 2 N–H and O–H groups in total. The summed E-state index contributed by atoms with van der Waals surface area (Å²) in [6.45, 7) is 1.75. The highest BCUT2D eigenvalue weighted by Gasteiger charge is 2.14. The number of hydrogen-bond donors (Lipinski definition) is 1. The highest BCUT2D eigenvalue weighted by molar-refractivity contribution is 5.36. The molecule has 0 saturated heterocycles. The maximum atomic E-state index is 13.5. The summed E-state index contributed by atoms with van der Waals surface area (Å²) in [6, 6.07) is 3.69. The molecule has 0 aliphatic rings. The Kier molecular flexibility index (Phi) is 2.70. The minimum atomic E-state index is -0.901. The molecule has 0 radical (unpaired) electrons. The lowest BCUT2D eigenvalue weighted by Crippen LogP contribution is -2.11. The average Bonchev–Trinajstić information content (AvgIpc) is 2.70. The van der Waals surface area contributed by atoms with Gasteiger partial charge in [0.15, 0.2) is 11.6 Å². The Hall–Kier alpha value is -1.75. The summed E-state index contributed by atoms with van der Waals surface area (Å²) in [4.78, 5) is 3.88. The molecule has 0 aliphatic heterocycles. The monoisotopic (exact) mass is 223 g/mol. The van der Waals surface area contributed by atoms with Crippen molar-refractivity contribution in [3.8, 4) is 5.69 Å². The quantitative estimate of drug-likeness (QED) is 0.847. The van der Waals surface area contributed by atoms with E-state index >= 15 is 0 Å². The molecule has 1 unspecified atom stereocenters. The number of halogens is 2. The van der Waals surface area contributed by atoms with Gasteiger partial charge in [0.2, 0.25) is 0 Å². The molecule has 0 saturated carbocycles. The Morgan fingerprint density at radius 2 is 2.12 bits per heavy atom. The molecular weight excluding hydrogens is 212 g/mol. The van der Waals surface area contributed by atoms with E-state index in [0.29, 0.717) is 5.69 Å². The van der Waals surface area contributed by atoms with E-state index in [2.05, 4.69) is 4.98 Å². The molecule has 0 bridgehead atoms. The maximum absolute atomic E-state index is 13.5. The fraction of sp³-hybridized carbons (Fsp3) is 0.182. The zero-order valence-electron chi connectivity index (χ0n) is 8.69. The van der Waals surface area contributed by atoms with Crippen LogP contribution in [0.25, 0.3) is 5.69 Å². The third-order valence-corrected chi connectivity index (χ3v) is 2.32. The first-order chi connectivity index (χ1) is 7.61. The Labute approximate surface area is 91.5 Å². The fourth-order valence-corrected chi connectivity index (χ4v) is 1.52. The molecule has 1 heterocycles. The van der Waals surface area contributed by atoms with E-state index in [-0.39, 0.29) is 11.7 Å². The molecule has 1 atom stereocenters. The fourth-order valence-electron chi connectivity index (χ4n) is 1.52. The lowest BCUT2D eigenvalue weighted by Gasteiger charge is -2.11. The van der Waals surface area contributed by atoms with E-state index in [1.165, 1.54) is 29.2 Å². The van der Waals surface area contributed by atoms with Gasteiger partial charge in [0.05, 0.1) is 23.9 Å². The summed E-state index contributed by atoms with van der Waals surface area (Å²) in [7, 11) is 0. The van der Waals surface area contributed by atoms with Crippen LogP contribution in [-0.4, -0.2) is 9.55 Å². The lowest BCUT2D eigenvalue weighted by atomic mass is 10.2. The Bertz CT molecular complexity index is 506. The summed E-state index contributed by atoms with van der Waals surface area (Å²) >= 11 is 0. The lowest BCUT2D eigenvalue weighted by molar-refractivity contribution is 0.503. The van der Waals surface area contributed by atoms with E-state index in [4.69, 9.17) is 5.73 Å². The highest BCUT2D eigenvalue weighted by atomic mass is 19.2. The maximum Gasteiger partial charge on any atom is 0.182 e. The van der Waals surface area contributed by atoms with Gasteiger partial charge < -0.3 is 5.73 Å². The number of nitrogens with two attached hydrogens (primary N) is 1. The summed E-state index contributed by atoms with van der Waals surface area (Å²) < 4.78 is 28.1. The zero-order valence-corrected chi connectivity index (χ0v) is 8.69. The van der Waals surface area contributed by atoms with Gasteiger partial charge in [0.25, 0.3) is 0 Å². The van der Waals surface area contributed by atoms with Crippen LogP contribution in [0.4, 0.5) is 8.78 Å². The molecule has 2 aromatic rings. The van der Waals surface area contributed by atoms with E-state index in [1.807, 2.05) is 0 Å². The normalized spacial score (nSPS) is 12.8. The molecular formula is C11H11F2N3. The van der Waals surface area contributed by atoms with Crippen LogP contribution < -0.4 is 5.73 Å². The van der Waals surface area contributed by atoms with Gasteiger partial charge in [-0.15, -0.1) is 0 Å². The van der Waals surface area contributed by atoms with Gasteiger partial charge in [0, 0.05) is 6.04 Å². The minimum Gasteiger partial charge on any atom is -0.323 e. The largest absolute Gasteiger partial charge is 0.323 e. The van der Waals surface area contributed by atoms with Crippen LogP contribution in [0.3, 0.4) is 0 Å². The van der Waals surface area contributed by atoms with Crippen molar-refractivity contribution in [2.75, 3.05) is 0 Å². The van der Waals surface area contributed by atoms with Crippen LogP contribution in [-0.2, 0) is 0 Å². The van der Waals surface area contributed by atoms with Crippen LogP contribution in [0.15, 0.2) is 30.7 Å². The first-order valence-electron chi connectivity index (χ1n) is 4.83. The first kappa shape index (κ1) is 10.8. The van der Waals surface area contributed by atoms with Crippen LogP contribution in [0, 0.1) is 11.6 Å². The predicted molar refractivity (Wildman–Crippen MR) is 56.1 cm³/mol. The van der Waals surface area contributed by atoms with Gasteiger partial charge in [-0.05, 0) is 19.1 Å². The van der Waals surface area contributed by atoms with Gasteiger partial charge in [-0.3, -0.25) is 4.57 Å². The molecule has 1 aromatic heterocycles. The average molecular weight is 223 g/mol. The Balaban J connectivity index is 2.59. The van der Waals surface area contributed by atoms with Gasteiger partial charge >= 0.3 is 0 Å². The highest BCUT2D eigenvalue weighted by Crippen LogP contribution is 2.20. The van der Waals surface area contributed by atoms with E-state index in [1.54, 1.807) is 6.92 Å². The summed E-state index contributed by atoms with van der Waals surface area (Å²) in [5, 5.41) is 0. The van der Waals surface area contributed by atoms with Gasteiger partial charge in [0.1, 0.15) is 0 Å². The summed E-state index contributed by atoms with van der Waals surface area (Å²) in [6.07, 6.45) is 2.95. The molecule has 84 valence electrons. The van der Waals surface area contributed by atoms with Crippen LogP contribution in [0.2, 0.25) is 0 Å². The SMILES string of the molecule is CC(N)c1cncn1-c1cccc(F)c1F. The number of aromatic nitrogens is 2. The summed E-state index contributed by atoms with van der Waals surface area (Å²) in [5.74, 6) is -1.79. The second-order valence-corrected chi connectivity index (χ2v) is 3.55. The second-order valence-electron chi connectivity index (χ2n) is 3.55. The van der Waals surface area contributed by atoms with Gasteiger partial charge in [-0.1, -0.05) is 6.07 Å². The Morgan fingerprint density at radius 1 is 1.38 bits per heavy atom. The molecule has 0 amide bonds. The number of benzene rings is 1. The Morgan fingerprint density at radius 3 is 2.81 bits per heavy atom. The second kappa shape index (κ2) is 4.02. The number of rotatable bonds is 2. The van der Waals surface area contributed by atoms with Crippen molar-refractivity contribution in [1.82, 2.24) is 9.55 Å². The van der Waals surface area contributed by atoms with E-state index in [0.717, 1.165) is 6.07 Å². The van der Waals surface area contributed by atoms with Crippen LogP contribution in [0.5, 0.6) is 0 Å². The van der Waals surface area contributed by atoms with Crippen molar-refractivity contribution < 1.29 is 8.78 Å². The third kappa shape index (κ3) is 1.69. The third-order valence-electron chi connectivity index (χ3n) is 2.32. The topological polar surface area (TPSA) is 43.8 Å². The number of hydrogen-bond acceptors (Lipinski definition) is 2.